The van der Waals surface area contributed by atoms with E-state index in [1.54, 1.807) is 0 Å². The molecule has 0 bridgehead atoms. The maximum Gasteiger partial charge on any atom is 1.00 e. The third-order valence-corrected chi connectivity index (χ3v) is 6.66. The first kappa shape index (κ1) is 27.4. The van der Waals surface area contributed by atoms with E-state index in [2.05, 4.69) is 41.0 Å². The molecule has 0 saturated heterocycles. The van der Waals surface area contributed by atoms with Gasteiger partial charge in [-0.3, -0.25) is 0 Å². The molecule has 0 unspecified atom stereocenters. The van der Waals surface area contributed by atoms with Crippen LogP contribution >= 0.6 is 0 Å². The van der Waals surface area contributed by atoms with E-state index in [4.69, 9.17) is 4.98 Å². The average Bonchev–Trinajstić information content (AvgIpc) is 3.24. The van der Waals surface area contributed by atoms with Crippen molar-refractivity contribution in [3.8, 4) is 33.9 Å². The number of nitrogens with zero attached hydrogens (tertiary/aromatic N) is 2. The van der Waals surface area contributed by atoms with Gasteiger partial charge in [0.25, 0.3) is 0 Å². The summed E-state index contributed by atoms with van der Waals surface area (Å²) in [7, 11) is -4.12. The van der Waals surface area contributed by atoms with Crippen molar-refractivity contribution in [1.29, 1.82) is 0 Å². The normalized spacial score (nSPS) is 11.2. The molecule has 4 rings (SSSR count). The first-order valence-corrected chi connectivity index (χ1v) is 13.3. The molecule has 0 radical (unpaired) electrons. The van der Waals surface area contributed by atoms with Crippen molar-refractivity contribution in [3.05, 3.63) is 91.0 Å². The quantitative estimate of drug-likeness (QED) is 0.181. The van der Waals surface area contributed by atoms with Crippen molar-refractivity contribution < 1.29 is 42.5 Å². The Morgan fingerprint density at radius 3 is 1.71 bits per heavy atom. The predicted molar refractivity (Wildman–Crippen MR) is 136 cm³/mol. The fraction of sp³-hybridized carbons (Fsp3) is 0.250. The van der Waals surface area contributed by atoms with E-state index in [0.717, 1.165) is 66.1 Å². The molecule has 0 aliphatic rings. The third-order valence-electron chi connectivity index (χ3n) is 5.87. The zero-order valence-corrected chi connectivity index (χ0v) is 23.0. The van der Waals surface area contributed by atoms with Gasteiger partial charge in [-0.15, -0.1) is 0 Å². The molecule has 176 valence electrons. The van der Waals surface area contributed by atoms with Crippen LogP contribution in [-0.2, 0) is 16.7 Å². The molecule has 0 spiro atoms. The van der Waals surface area contributed by atoms with Gasteiger partial charge in [0.1, 0.15) is 5.82 Å². The first-order valence-electron chi connectivity index (χ1n) is 11.7. The summed E-state index contributed by atoms with van der Waals surface area (Å²) < 4.78 is 34.7. The van der Waals surface area contributed by atoms with Gasteiger partial charge in [0, 0.05) is 29.0 Å². The Bertz CT molecular complexity index is 1290. The molecule has 0 atom stereocenters. The van der Waals surface area contributed by atoms with Crippen LogP contribution in [0.2, 0.25) is 0 Å². The van der Waals surface area contributed by atoms with Gasteiger partial charge >= 0.3 is 29.6 Å². The van der Waals surface area contributed by atoms with Crippen LogP contribution < -0.4 is 29.6 Å². The molecule has 0 amide bonds. The number of aromatic nitrogens is 2. The third kappa shape index (κ3) is 7.63. The molecular formula is C28H29N2NaO3S. The molecule has 4 aromatic rings. The molecule has 7 heteroatoms. The molecular weight excluding hydrogens is 467 g/mol. The fourth-order valence-electron chi connectivity index (χ4n) is 4.24. The van der Waals surface area contributed by atoms with E-state index in [1.807, 2.05) is 54.6 Å². The van der Waals surface area contributed by atoms with Crippen LogP contribution in [0.5, 0.6) is 0 Å². The van der Waals surface area contributed by atoms with Gasteiger partial charge in [0.05, 0.1) is 21.5 Å². The molecule has 3 aromatic carbocycles. The summed E-state index contributed by atoms with van der Waals surface area (Å²) in [6.45, 7) is 0.800. The first-order chi connectivity index (χ1) is 16.5. The largest absolute Gasteiger partial charge is 1.00 e. The van der Waals surface area contributed by atoms with Crippen molar-refractivity contribution >= 4 is 10.1 Å². The molecule has 0 N–H and O–H groups in total. The van der Waals surface area contributed by atoms with Crippen LogP contribution in [0.1, 0.15) is 32.1 Å². The fourth-order valence-corrected chi connectivity index (χ4v) is 4.80. The Balaban J connectivity index is 0.00000342. The molecule has 0 fully saturated rings. The summed E-state index contributed by atoms with van der Waals surface area (Å²) in [6, 6.07) is 30.9. The molecule has 5 nitrogen and oxygen atoms in total. The SMILES string of the molecule is O=S(=O)([O-])CCCCCCCn1c(-c2ccccc2)nc(-c2ccccc2)c1-c1ccccc1.[Na+]. The second-order valence-electron chi connectivity index (χ2n) is 8.41. The molecule has 1 heterocycles. The van der Waals surface area contributed by atoms with E-state index in [9.17, 15) is 13.0 Å². The maximum absolute atomic E-state index is 10.8. The minimum atomic E-state index is -4.12. The zero-order valence-electron chi connectivity index (χ0n) is 20.1. The van der Waals surface area contributed by atoms with Crippen molar-refractivity contribution in [3.63, 3.8) is 0 Å². The number of hydrogen-bond acceptors (Lipinski definition) is 4. The van der Waals surface area contributed by atoms with E-state index >= 15 is 0 Å². The van der Waals surface area contributed by atoms with Crippen molar-refractivity contribution in [1.82, 2.24) is 9.55 Å². The summed E-state index contributed by atoms with van der Waals surface area (Å²) in [5.41, 5.74) is 5.34. The molecule has 1 aromatic heterocycles. The van der Waals surface area contributed by atoms with Crippen LogP contribution in [0.4, 0.5) is 0 Å². The Kier molecular flexibility index (Phi) is 10.3. The van der Waals surface area contributed by atoms with Crippen molar-refractivity contribution in [2.45, 2.75) is 38.6 Å². The van der Waals surface area contributed by atoms with E-state index in [0.29, 0.717) is 6.42 Å². The van der Waals surface area contributed by atoms with Gasteiger partial charge in [-0.25, -0.2) is 13.4 Å². The summed E-state index contributed by atoms with van der Waals surface area (Å²) in [5.74, 6) is 0.668. The van der Waals surface area contributed by atoms with Crippen molar-refractivity contribution in [2.75, 3.05) is 5.75 Å². The van der Waals surface area contributed by atoms with Crippen LogP contribution in [-0.4, -0.2) is 28.3 Å². The van der Waals surface area contributed by atoms with Crippen LogP contribution in [0.15, 0.2) is 91.0 Å². The Hall–Kier alpha value is -2.22. The second kappa shape index (κ2) is 13.2. The monoisotopic (exact) mass is 496 g/mol. The van der Waals surface area contributed by atoms with Gasteiger partial charge in [0.2, 0.25) is 0 Å². The molecule has 0 saturated carbocycles. The Morgan fingerprint density at radius 1 is 0.657 bits per heavy atom. The summed E-state index contributed by atoms with van der Waals surface area (Å²) in [4.78, 5) is 5.14. The number of unbranched alkanes of at least 4 members (excludes halogenated alkanes) is 4. The Morgan fingerprint density at radius 2 is 1.14 bits per heavy atom. The maximum atomic E-state index is 10.8. The van der Waals surface area contributed by atoms with E-state index in [-0.39, 0.29) is 35.3 Å². The minimum Gasteiger partial charge on any atom is -0.748 e. The topological polar surface area (TPSA) is 75.0 Å². The summed E-state index contributed by atoms with van der Waals surface area (Å²) in [6.07, 6.45) is 3.98. The zero-order chi connectivity index (χ0) is 23.8. The van der Waals surface area contributed by atoms with Gasteiger partial charge < -0.3 is 9.12 Å². The predicted octanol–water partition coefficient (Wildman–Crippen LogP) is 3.38. The van der Waals surface area contributed by atoms with Crippen LogP contribution in [0, 0.1) is 0 Å². The van der Waals surface area contributed by atoms with Gasteiger partial charge in [0.15, 0.2) is 0 Å². The molecule has 0 aliphatic heterocycles. The van der Waals surface area contributed by atoms with Gasteiger partial charge in [-0.05, 0) is 12.8 Å². The van der Waals surface area contributed by atoms with Crippen molar-refractivity contribution in [2.24, 2.45) is 0 Å². The summed E-state index contributed by atoms with van der Waals surface area (Å²) >= 11 is 0. The number of rotatable bonds is 11. The molecule has 35 heavy (non-hydrogen) atoms. The van der Waals surface area contributed by atoms with Gasteiger partial charge in [-0.1, -0.05) is 110 Å². The molecule has 0 aliphatic carbocycles. The second-order valence-corrected chi connectivity index (χ2v) is 9.94. The number of imidazole rings is 1. The smallest absolute Gasteiger partial charge is 0.748 e. The van der Waals surface area contributed by atoms with E-state index < -0.39 is 10.1 Å². The van der Waals surface area contributed by atoms with Crippen LogP contribution in [0.3, 0.4) is 0 Å². The minimum absolute atomic E-state index is 0. The van der Waals surface area contributed by atoms with Crippen LogP contribution in [0.25, 0.3) is 33.9 Å². The number of benzene rings is 3. The average molecular weight is 497 g/mol. The van der Waals surface area contributed by atoms with Gasteiger partial charge in [-0.2, -0.15) is 0 Å². The van der Waals surface area contributed by atoms with E-state index in [1.165, 1.54) is 0 Å². The standard InChI is InChI=1S/C28H30N2O3S.Na/c31-34(32,33)22-14-3-1-2-13-21-30-27(24-17-9-5-10-18-24)26(23-15-7-4-8-16-23)29-28(30)25-19-11-6-12-20-25;/h4-12,15-20H,1-3,13-14,21-22H2,(H,31,32,33);/q;+1/p-1. The Labute approximate surface area is 230 Å². The summed E-state index contributed by atoms with van der Waals surface area (Å²) in [5, 5.41) is 0. The number of hydrogen-bond donors (Lipinski definition) is 0.